The Morgan fingerprint density at radius 3 is 2.47 bits per heavy atom. The van der Waals surface area contributed by atoms with Gasteiger partial charge in [-0.15, -0.1) is 0 Å². The Labute approximate surface area is 105 Å². The van der Waals surface area contributed by atoms with Crippen LogP contribution in [-0.2, 0) is 6.18 Å². The Kier molecular flexibility index (Phi) is 3.13. The highest BCUT2D eigenvalue weighted by Gasteiger charge is 2.44. The molecule has 19 heavy (non-hydrogen) atoms. The normalized spacial score (nSPS) is 17.1. The number of pyridine rings is 1. The fourth-order valence-electron chi connectivity index (χ4n) is 1.60. The molecule has 1 fully saturated rings. The highest BCUT2D eigenvalue weighted by atomic mass is 19.4. The molecule has 0 bridgehead atoms. The van der Waals surface area contributed by atoms with E-state index in [1.54, 1.807) is 4.98 Å². The number of H-pyrrole nitrogens is 1. The van der Waals surface area contributed by atoms with Crippen LogP contribution < -0.4 is 10.9 Å². The van der Waals surface area contributed by atoms with Gasteiger partial charge in [0.05, 0.1) is 12.1 Å². The summed E-state index contributed by atoms with van der Waals surface area (Å²) in [7, 11) is 0. The zero-order chi connectivity index (χ0) is 14.3. The second-order valence-electron chi connectivity index (χ2n) is 4.51. The Bertz CT molecular complexity index is 561. The summed E-state index contributed by atoms with van der Waals surface area (Å²) in [6, 6.07) is 1.46. The van der Waals surface area contributed by atoms with Crippen molar-refractivity contribution in [2.24, 2.45) is 0 Å². The van der Waals surface area contributed by atoms with Crippen molar-refractivity contribution in [1.29, 1.82) is 0 Å². The van der Waals surface area contributed by atoms with Crippen molar-refractivity contribution in [1.82, 2.24) is 10.3 Å². The van der Waals surface area contributed by atoms with Crippen LogP contribution in [0.3, 0.4) is 0 Å². The summed E-state index contributed by atoms with van der Waals surface area (Å²) in [6.07, 6.45) is -3.52. The molecular formula is C11H11F3N2O3. The van der Waals surface area contributed by atoms with E-state index in [0.717, 1.165) is 6.07 Å². The third-order valence-electron chi connectivity index (χ3n) is 2.99. The van der Waals surface area contributed by atoms with Gasteiger partial charge in [0.1, 0.15) is 11.3 Å². The van der Waals surface area contributed by atoms with Gasteiger partial charge in [0.25, 0.3) is 11.5 Å². The van der Waals surface area contributed by atoms with E-state index in [0.29, 0.717) is 18.9 Å². The van der Waals surface area contributed by atoms with Crippen molar-refractivity contribution >= 4 is 5.91 Å². The first kappa shape index (κ1) is 13.6. The topological polar surface area (TPSA) is 82.2 Å². The molecule has 0 aromatic carbocycles. The lowest BCUT2D eigenvalue weighted by atomic mass is 10.2. The summed E-state index contributed by atoms with van der Waals surface area (Å²) in [6.45, 7) is -0.267. The predicted octanol–water partition coefficient (Wildman–Crippen LogP) is 0.648. The third kappa shape index (κ3) is 2.78. The third-order valence-corrected chi connectivity index (χ3v) is 2.99. The molecule has 3 N–H and O–H groups in total. The molecule has 1 aliphatic rings. The molecule has 2 rings (SSSR count). The molecule has 104 valence electrons. The van der Waals surface area contributed by atoms with Gasteiger partial charge in [-0.05, 0) is 25.0 Å². The van der Waals surface area contributed by atoms with Crippen LogP contribution in [0.2, 0.25) is 0 Å². The monoisotopic (exact) mass is 276 g/mol. The lowest BCUT2D eigenvalue weighted by molar-refractivity contribution is -0.141. The van der Waals surface area contributed by atoms with Gasteiger partial charge in [-0.2, -0.15) is 13.2 Å². The fraction of sp³-hybridized carbons (Fsp3) is 0.455. The number of carbonyl (C=O) groups is 1. The second kappa shape index (κ2) is 4.37. The maximum atomic E-state index is 12.3. The standard InChI is InChI=1S/C11H11F3N2O3/c12-11(13,14)7-2-1-6(8(18)15-7)9(19)16-10(5-17)3-4-10/h1-2,17H,3-5H2,(H,15,18)(H,16,19). The molecular weight excluding hydrogens is 265 g/mol. The Balaban J connectivity index is 2.22. The lowest BCUT2D eigenvalue weighted by Crippen LogP contribution is -2.41. The molecule has 1 aliphatic carbocycles. The molecule has 1 heterocycles. The summed E-state index contributed by atoms with van der Waals surface area (Å²) >= 11 is 0. The minimum atomic E-state index is -4.67. The molecule has 1 amide bonds. The van der Waals surface area contributed by atoms with Crippen LogP contribution in [0.15, 0.2) is 16.9 Å². The molecule has 0 saturated heterocycles. The minimum Gasteiger partial charge on any atom is -0.394 e. The minimum absolute atomic E-state index is 0.267. The first-order valence-electron chi connectivity index (χ1n) is 5.51. The average molecular weight is 276 g/mol. The highest BCUT2D eigenvalue weighted by molar-refractivity contribution is 5.94. The predicted molar refractivity (Wildman–Crippen MR) is 58.6 cm³/mol. The summed E-state index contributed by atoms with van der Waals surface area (Å²) in [5.74, 6) is -0.790. The maximum absolute atomic E-state index is 12.3. The summed E-state index contributed by atoms with van der Waals surface area (Å²) in [5.41, 5.74) is -3.46. The number of aliphatic hydroxyl groups is 1. The number of hydrogen-bond donors (Lipinski definition) is 3. The van der Waals surface area contributed by atoms with Crippen molar-refractivity contribution in [3.63, 3.8) is 0 Å². The van der Waals surface area contributed by atoms with Crippen molar-refractivity contribution in [3.05, 3.63) is 33.7 Å². The number of rotatable bonds is 3. The lowest BCUT2D eigenvalue weighted by Gasteiger charge is -2.14. The number of aromatic nitrogens is 1. The van der Waals surface area contributed by atoms with E-state index in [2.05, 4.69) is 5.32 Å². The molecule has 0 radical (unpaired) electrons. The highest BCUT2D eigenvalue weighted by Crippen LogP contribution is 2.34. The van der Waals surface area contributed by atoms with Gasteiger partial charge < -0.3 is 15.4 Å². The molecule has 0 unspecified atom stereocenters. The van der Waals surface area contributed by atoms with Crippen molar-refractivity contribution in [2.45, 2.75) is 24.6 Å². The average Bonchev–Trinajstić information content (AvgIpc) is 3.08. The van der Waals surface area contributed by atoms with Gasteiger partial charge in [0, 0.05) is 0 Å². The van der Waals surface area contributed by atoms with Crippen LogP contribution in [0.25, 0.3) is 0 Å². The van der Waals surface area contributed by atoms with Crippen LogP contribution in [0.1, 0.15) is 28.9 Å². The van der Waals surface area contributed by atoms with E-state index >= 15 is 0 Å². The summed E-state index contributed by atoms with van der Waals surface area (Å²) in [5, 5.41) is 11.5. The molecule has 0 spiro atoms. The first-order valence-corrected chi connectivity index (χ1v) is 5.51. The van der Waals surface area contributed by atoms with Crippen molar-refractivity contribution in [2.75, 3.05) is 6.61 Å². The van der Waals surface area contributed by atoms with E-state index in [1.165, 1.54) is 0 Å². The van der Waals surface area contributed by atoms with Crippen LogP contribution in [-0.4, -0.2) is 28.1 Å². The molecule has 8 heteroatoms. The summed E-state index contributed by atoms with van der Waals surface area (Å²) in [4.78, 5) is 24.8. The Morgan fingerprint density at radius 1 is 1.42 bits per heavy atom. The van der Waals surface area contributed by atoms with E-state index < -0.39 is 34.4 Å². The zero-order valence-corrected chi connectivity index (χ0v) is 9.67. The fourth-order valence-corrected chi connectivity index (χ4v) is 1.60. The number of aliphatic hydroxyl groups excluding tert-OH is 1. The van der Waals surface area contributed by atoms with E-state index in [4.69, 9.17) is 5.11 Å². The summed E-state index contributed by atoms with van der Waals surface area (Å²) < 4.78 is 37.0. The number of hydrogen-bond acceptors (Lipinski definition) is 3. The molecule has 1 aromatic rings. The van der Waals surface area contributed by atoms with Crippen LogP contribution in [0.4, 0.5) is 13.2 Å². The number of aromatic amines is 1. The number of carbonyl (C=O) groups excluding carboxylic acids is 1. The molecule has 0 aliphatic heterocycles. The Hall–Kier alpha value is -1.83. The zero-order valence-electron chi connectivity index (χ0n) is 9.67. The smallest absolute Gasteiger partial charge is 0.394 e. The van der Waals surface area contributed by atoms with Gasteiger partial charge in [0.2, 0.25) is 0 Å². The first-order chi connectivity index (χ1) is 8.77. The van der Waals surface area contributed by atoms with Crippen LogP contribution in [0.5, 0.6) is 0 Å². The van der Waals surface area contributed by atoms with Gasteiger partial charge in [-0.3, -0.25) is 9.59 Å². The van der Waals surface area contributed by atoms with Gasteiger partial charge >= 0.3 is 6.18 Å². The van der Waals surface area contributed by atoms with E-state index in [9.17, 15) is 22.8 Å². The van der Waals surface area contributed by atoms with Crippen LogP contribution >= 0.6 is 0 Å². The SMILES string of the molecule is O=C(NC1(CO)CC1)c1ccc(C(F)(F)F)[nH]c1=O. The number of nitrogens with one attached hydrogen (secondary N) is 2. The maximum Gasteiger partial charge on any atom is 0.431 e. The van der Waals surface area contributed by atoms with Crippen molar-refractivity contribution in [3.8, 4) is 0 Å². The number of amides is 1. The number of alkyl halides is 3. The van der Waals surface area contributed by atoms with E-state index in [-0.39, 0.29) is 6.61 Å². The van der Waals surface area contributed by atoms with Gasteiger partial charge in [0.15, 0.2) is 0 Å². The van der Waals surface area contributed by atoms with Crippen LogP contribution in [0, 0.1) is 0 Å². The molecule has 5 nitrogen and oxygen atoms in total. The Morgan fingerprint density at radius 2 is 2.05 bits per heavy atom. The van der Waals surface area contributed by atoms with Gasteiger partial charge in [-0.1, -0.05) is 0 Å². The molecule has 0 atom stereocenters. The van der Waals surface area contributed by atoms with E-state index in [1.807, 2.05) is 0 Å². The number of halogens is 3. The molecule has 1 saturated carbocycles. The molecule has 1 aromatic heterocycles. The largest absolute Gasteiger partial charge is 0.431 e. The van der Waals surface area contributed by atoms with Crippen molar-refractivity contribution < 1.29 is 23.1 Å². The quantitative estimate of drug-likeness (QED) is 0.758. The van der Waals surface area contributed by atoms with Gasteiger partial charge in [-0.25, -0.2) is 0 Å². The second-order valence-corrected chi connectivity index (χ2v) is 4.51.